The molecule has 0 bridgehead atoms. The lowest BCUT2D eigenvalue weighted by Gasteiger charge is -2.30. The number of aliphatic hydroxyl groups excluding tert-OH is 1. The van der Waals surface area contributed by atoms with Crippen LogP contribution in [-0.2, 0) is 39.1 Å². The van der Waals surface area contributed by atoms with Gasteiger partial charge in [0.05, 0.1) is 22.7 Å². The van der Waals surface area contributed by atoms with Crippen molar-refractivity contribution in [2.45, 2.75) is 50.5 Å². The molecule has 0 saturated carbocycles. The monoisotopic (exact) mass is 611 g/mol. The Morgan fingerprint density at radius 2 is 1.67 bits per heavy atom. The van der Waals surface area contributed by atoms with Crippen LogP contribution in [0.2, 0.25) is 0 Å². The van der Waals surface area contributed by atoms with Gasteiger partial charge in [0.2, 0.25) is 15.9 Å². The third-order valence-electron chi connectivity index (χ3n) is 6.35. The summed E-state index contributed by atoms with van der Waals surface area (Å²) in [5.41, 5.74) is 1.93. The maximum atomic E-state index is 13.6. The first-order valence-corrected chi connectivity index (χ1v) is 15.2. The molecule has 0 aliphatic carbocycles. The van der Waals surface area contributed by atoms with Crippen LogP contribution in [0.5, 0.6) is 0 Å². The molecule has 0 spiro atoms. The summed E-state index contributed by atoms with van der Waals surface area (Å²) in [7, 11) is -4.04. The van der Waals surface area contributed by atoms with Gasteiger partial charge in [0, 0.05) is 19.3 Å². The molecule has 0 aliphatic rings. The number of amides is 2. The topological polar surface area (TPSA) is 167 Å². The van der Waals surface area contributed by atoms with Crippen LogP contribution >= 0.6 is 0 Å². The summed E-state index contributed by atoms with van der Waals surface area (Å²) in [5.74, 6) is -0.656. The van der Waals surface area contributed by atoms with E-state index >= 15 is 0 Å². The highest BCUT2D eigenvalue weighted by Gasteiger charge is 2.31. The Morgan fingerprint density at radius 3 is 2.30 bits per heavy atom. The maximum absolute atomic E-state index is 13.6. The number of aliphatic hydroxyl groups is 1. The highest BCUT2D eigenvalue weighted by atomic mass is 32.2. The fourth-order valence-electron chi connectivity index (χ4n) is 4.24. The van der Waals surface area contributed by atoms with Gasteiger partial charge in [0.1, 0.15) is 19.7 Å². The molecule has 0 unspecified atom stereocenters. The molecule has 43 heavy (non-hydrogen) atoms. The minimum atomic E-state index is -4.04. The third kappa shape index (κ3) is 10.9. The minimum Gasteiger partial charge on any atom is -0.443 e. The Bertz CT molecular complexity index is 1420. The van der Waals surface area contributed by atoms with Crippen molar-refractivity contribution in [3.8, 4) is 0 Å². The van der Waals surface area contributed by atoms with Gasteiger partial charge in [-0.15, -0.1) is 0 Å². The van der Waals surface area contributed by atoms with Gasteiger partial charge in [0.25, 0.3) is 0 Å². The second-order valence-corrected chi connectivity index (χ2v) is 12.3. The van der Waals surface area contributed by atoms with E-state index in [9.17, 15) is 28.0 Å². The number of ether oxygens (including phenoxy) is 1. The second kappa shape index (κ2) is 16.4. The highest BCUT2D eigenvalue weighted by Crippen LogP contribution is 2.20. The van der Waals surface area contributed by atoms with E-state index in [1.54, 1.807) is 24.4 Å². The summed E-state index contributed by atoms with van der Waals surface area (Å²) < 4.78 is 33.5. The molecule has 0 fully saturated rings. The number of benzene rings is 2. The zero-order chi connectivity index (χ0) is 31.2. The Kier molecular flexibility index (Phi) is 12.7. The van der Waals surface area contributed by atoms with Crippen molar-refractivity contribution in [1.29, 1.82) is 0 Å². The van der Waals surface area contributed by atoms with Crippen molar-refractivity contribution in [3.05, 3.63) is 101 Å². The first kappa shape index (κ1) is 33.3. The van der Waals surface area contributed by atoms with E-state index in [2.05, 4.69) is 20.8 Å². The summed E-state index contributed by atoms with van der Waals surface area (Å²) in [6.45, 7) is 2.97. The van der Waals surface area contributed by atoms with Gasteiger partial charge in [-0.1, -0.05) is 67.6 Å². The molecule has 230 valence electrons. The number of rotatable bonds is 16. The fourth-order valence-corrected chi connectivity index (χ4v) is 5.86. The summed E-state index contributed by atoms with van der Waals surface area (Å²) in [4.78, 5) is 39.6. The summed E-state index contributed by atoms with van der Waals surface area (Å²) in [6, 6.07) is 19.3. The van der Waals surface area contributed by atoms with Crippen molar-refractivity contribution >= 4 is 22.0 Å². The molecule has 3 aromatic rings. The molecule has 1 aromatic heterocycles. The highest BCUT2D eigenvalue weighted by molar-refractivity contribution is 7.89. The van der Waals surface area contributed by atoms with Crippen LogP contribution in [0.15, 0.2) is 89.1 Å². The van der Waals surface area contributed by atoms with E-state index in [0.29, 0.717) is 11.3 Å². The number of pyridine rings is 1. The smallest absolute Gasteiger partial charge is 0.407 e. The van der Waals surface area contributed by atoms with Crippen LogP contribution in [0.25, 0.3) is 0 Å². The van der Waals surface area contributed by atoms with Gasteiger partial charge in [0.15, 0.2) is 0 Å². The number of carbonyl (C=O) groups is 2. The van der Waals surface area contributed by atoms with Gasteiger partial charge in [-0.3, -0.25) is 9.78 Å². The molecule has 1 heterocycles. The quantitative estimate of drug-likeness (QED) is 0.208. The number of hydrogen-bond acceptors (Lipinski definition) is 9. The lowest BCUT2D eigenvalue weighted by Crippen LogP contribution is -2.52. The first-order valence-electron chi connectivity index (χ1n) is 13.8. The molecular weight excluding hydrogens is 574 g/mol. The van der Waals surface area contributed by atoms with Crippen LogP contribution in [-0.4, -0.2) is 66.6 Å². The number of sulfonamides is 1. The van der Waals surface area contributed by atoms with Crippen molar-refractivity contribution in [2.75, 3.05) is 19.6 Å². The standard InChI is InChI=1S/C30H37N5O7S/c1-22(2)19-35(43(40,41)26-13-11-24(12-14-26)17-33-39)20-28(36)27(16-23-8-4-3-5-9-23)34-29(37)18-32-30(38)42-21-25-10-6-7-15-31-25/h3-15,22,27-28,36H,16-21H2,1-2H3,(H,32,38)(H,34,37)/t27-,28+/m0/s1. The fraction of sp³-hybridized carbons (Fsp3) is 0.367. The lowest BCUT2D eigenvalue weighted by atomic mass is 10.0. The minimum absolute atomic E-state index is 0.00654. The SMILES string of the molecule is CC(C)CN(C[C@@H](O)[C@H](Cc1ccccc1)NC(=O)CNC(=O)OCc1ccccn1)S(=O)(=O)c1ccc(CN=O)cc1. The van der Waals surface area contributed by atoms with Crippen LogP contribution in [0.1, 0.15) is 30.7 Å². The normalized spacial score (nSPS) is 12.9. The van der Waals surface area contributed by atoms with Gasteiger partial charge < -0.3 is 20.5 Å². The van der Waals surface area contributed by atoms with E-state index in [1.807, 2.05) is 44.2 Å². The maximum Gasteiger partial charge on any atom is 0.407 e. The predicted molar refractivity (Wildman–Crippen MR) is 160 cm³/mol. The number of carbonyl (C=O) groups excluding carboxylic acids is 2. The first-order chi connectivity index (χ1) is 20.6. The Morgan fingerprint density at radius 1 is 0.977 bits per heavy atom. The second-order valence-electron chi connectivity index (χ2n) is 10.3. The van der Waals surface area contributed by atoms with Crippen molar-refractivity contribution in [1.82, 2.24) is 19.9 Å². The van der Waals surface area contributed by atoms with E-state index in [-0.39, 0.29) is 43.5 Å². The zero-order valence-electron chi connectivity index (χ0n) is 24.1. The van der Waals surface area contributed by atoms with Crippen LogP contribution < -0.4 is 10.6 Å². The Labute approximate surface area is 251 Å². The van der Waals surface area contributed by atoms with E-state index in [1.165, 1.54) is 28.6 Å². The molecule has 0 saturated heterocycles. The number of nitroso groups, excluding NO2 is 1. The molecule has 0 aliphatic heterocycles. The lowest BCUT2D eigenvalue weighted by molar-refractivity contribution is -0.121. The number of nitrogens with one attached hydrogen (secondary N) is 2. The summed E-state index contributed by atoms with van der Waals surface area (Å²) in [6.07, 6.45) is -0.336. The molecule has 0 radical (unpaired) electrons. The van der Waals surface area contributed by atoms with Gasteiger partial charge in [-0.05, 0) is 47.7 Å². The van der Waals surface area contributed by atoms with Gasteiger partial charge in [-0.2, -0.15) is 9.21 Å². The van der Waals surface area contributed by atoms with Crippen LogP contribution in [0, 0.1) is 10.8 Å². The number of hydrogen-bond donors (Lipinski definition) is 3. The van der Waals surface area contributed by atoms with E-state index in [4.69, 9.17) is 4.74 Å². The summed E-state index contributed by atoms with van der Waals surface area (Å²) in [5, 5.41) is 19.3. The van der Waals surface area contributed by atoms with E-state index in [0.717, 1.165) is 5.56 Å². The predicted octanol–water partition coefficient (Wildman–Crippen LogP) is 3.01. The number of nitrogens with zero attached hydrogens (tertiary/aromatic N) is 3. The molecule has 2 aromatic carbocycles. The largest absolute Gasteiger partial charge is 0.443 e. The van der Waals surface area contributed by atoms with E-state index < -0.39 is 40.7 Å². The number of alkyl carbamates (subject to hydrolysis) is 1. The molecule has 2 atom stereocenters. The van der Waals surface area contributed by atoms with Crippen LogP contribution in [0.3, 0.4) is 0 Å². The average Bonchev–Trinajstić information content (AvgIpc) is 2.99. The summed E-state index contributed by atoms with van der Waals surface area (Å²) >= 11 is 0. The molecule has 3 rings (SSSR count). The number of aromatic nitrogens is 1. The Hall–Kier alpha value is -4.20. The Balaban J connectivity index is 1.71. The molecule has 3 N–H and O–H groups in total. The van der Waals surface area contributed by atoms with Crippen molar-refractivity contribution < 1.29 is 27.9 Å². The molecule has 2 amide bonds. The average molecular weight is 612 g/mol. The zero-order valence-corrected chi connectivity index (χ0v) is 24.9. The van der Waals surface area contributed by atoms with Gasteiger partial charge >= 0.3 is 6.09 Å². The van der Waals surface area contributed by atoms with Crippen molar-refractivity contribution in [2.24, 2.45) is 11.1 Å². The molecule has 13 heteroatoms. The molecule has 12 nitrogen and oxygen atoms in total. The van der Waals surface area contributed by atoms with Gasteiger partial charge in [-0.25, -0.2) is 13.2 Å². The van der Waals surface area contributed by atoms with Crippen molar-refractivity contribution in [3.63, 3.8) is 0 Å². The van der Waals surface area contributed by atoms with Crippen LogP contribution in [0.4, 0.5) is 4.79 Å². The molecular formula is C30H37N5O7S. The third-order valence-corrected chi connectivity index (χ3v) is 8.19.